The number of ketones is 1. The lowest BCUT2D eigenvalue weighted by molar-refractivity contribution is -0.144. The Bertz CT molecular complexity index is 1960. The maximum atomic E-state index is 14.9. The van der Waals surface area contributed by atoms with E-state index in [4.69, 9.17) is 6.42 Å². The van der Waals surface area contributed by atoms with E-state index >= 15 is 0 Å². The second kappa shape index (κ2) is 16.9. The molecule has 1 aromatic carbocycles. The van der Waals surface area contributed by atoms with Gasteiger partial charge in [0.15, 0.2) is 0 Å². The van der Waals surface area contributed by atoms with Crippen LogP contribution in [0.2, 0.25) is 0 Å². The summed E-state index contributed by atoms with van der Waals surface area (Å²) in [5.74, 6) is -0.819. The van der Waals surface area contributed by atoms with E-state index in [2.05, 4.69) is 33.8 Å². The molecule has 0 bridgehead atoms. The molecule has 4 N–H and O–H groups in total. The van der Waals surface area contributed by atoms with E-state index in [0.29, 0.717) is 12.8 Å². The van der Waals surface area contributed by atoms with Gasteiger partial charge in [-0.1, -0.05) is 71.0 Å². The van der Waals surface area contributed by atoms with Gasteiger partial charge in [0.2, 0.25) is 17.6 Å². The van der Waals surface area contributed by atoms with Crippen molar-refractivity contribution in [3.63, 3.8) is 0 Å². The second-order valence-electron chi connectivity index (χ2n) is 16.7. The molecule has 0 spiro atoms. The minimum absolute atomic E-state index is 0.000644. The van der Waals surface area contributed by atoms with Gasteiger partial charge < -0.3 is 26.2 Å². The zero-order valence-corrected chi connectivity index (χ0v) is 34.6. The number of likely N-dealkylation sites (tertiary alicyclic amines) is 1. The molecule has 2 heterocycles. The summed E-state index contributed by atoms with van der Waals surface area (Å²) in [6, 6.07) is 6.54. The number of hydrogen-bond donors (Lipinski definition) is 4. The number of likely N-dealkylation sites (N-methyl/N-ethyl adjacent to an activating group) is 1. The van der Waals surface area contributed by atoms with Crippen molar-refractivity contribution in [2.75, 3.05) is 26.7 Å². The lowest BCUT2D eigenvalue weighted by Gasteiger charge is -2.37. The minimum atomic E-state index is -3.81. The Morgan fingerprint density at radius 2 is 1.73 bits per heavy atom. The van der Waals surface area contributed by atoms with E-state index in [9.17, 15) is 32.4 Å². The Kier molecular flexibility index (Phi) is 12.9. The molecular formula is C41H54N6O7S2. The number of terminal acetylenes is 1. The van der Waals surface area contributed by atoms with Crippen LogP contribution in [0.15, 0.2) is 58.6 Å². The highest BCUT2D eigenvalue weighted by Gasteiger charge is 2.70. The third kappa shape index (κ3) is 9.03. The molecule has 2 aromatic rings. The van der Waals surface area contributed by atoms with Crippen molar-refractivity contribution in [1.29, 1.82) is 0 Å². The standard InChI is InChI=1S/C41H54N6O7S2/c1-9-11-17-29(35(48)37(50)42-19-10-2)43-36(49)34-32-28(41(32,6)7)23-47(34)38(51)33(27-21-25-15-12-13-16-26(25)22-27)45-39(52)44-30(40(3,4)5)24-46(8)56(53,54)31-18-14-20-55-31/h1,10,12-16,18,20,27-30,32-34H,2,11,17,19,21-24H2,3-8H3,(H,42,50)(H,43,49)(H2,44,45,52)/t28-,29?,30+,32-,33-,34-/m0/s1. The van der Waals surface area contributed by atoms with E-state index in [-0.39, 0.29) is 59.9 Å². The molecule has 1 saturated heterocycles. The predicted octanol–water partition coefficient (Wildman–Crippen LogP) is 3.12. The Hall–Kier alpha value is -4.52. The molecule has 1 aromatic heterocycles. The van der Waals surface area contributed by atoms with Gasteiger partial charge in [0.1, 0.15) is 16.3 Å². The van der Waals surface area contributed by atoms with Crippen molar-refractivity contribution in [3.8, 4) is 12.3 Å². The smallest absolute Gasteiger partial charge is 0.315 e. The summed E-state index contributed by atoms with van der Waals surface area (Å²) >= 11 is 1.11. The number of carbonyl (C=O) groups excluding carboxylic acids is 5. The fourth-order valence-corrected chi connectivity index (χ4v) is 10.5. The third-order valence-corrected chi connectivity index (χ3v) is 14.9. The summed E-state index contributed by atoms with van der Waals surface area (Å²) < 4.78 is 28.0. The Labute approximate surface area is 334 Å². The van der Waals surface area contributed by atoms with Gasteiger partial charge in [-0.15, -0.1) is 30.3 Å². The number of hydrogen-bond acceptors (Lipinski definition) is 8. The van der Waals surface area contributed by atoms with Crippen LogP contribution >= 0.6 is 11.3 Å². The molecule has 13 nitrogen and oxygen atoms in total. The highest BCUT2D eigenvalue weighted by atomic mass is 32.2. The first kappa shape index (κ1) is 42.6. The normalized spacial score (nSPS) is 21.5. The van der Waals surface area contributed by atoms with Crippen LogP contribution in [-0.2, 0) is 42.0 Å². The number of fused-ring (bicyclic) bond motifs is 2. The van der Waals surface area contributed by atoms with Crippen LogP contribution in [0.1, 0.15) is 58.6 Å². The molecule has 1 unspecified atom stereocenters. The summed E-state index contributed by atoms with van der Waals surface area (Å²) in [6.45, 7) is 13.6. The number of rotatable bonds is 16. The SMILES string of the molecule is C#CCCC(NC(=O)[C@@H]1[C@@H]2[C@H](CN1C(=O)[C@@H](NC(=O)N[C@H](CN(C)S(=O)(=O)c1cccs1)C(C)(C)C)C1Cc3ccccc3C1)C2(C)C)C(=O)C(=O)NCC=C. The zero-order chi connectivity index (χ0) is 41.2. The molecule has 1 saturated carbocycles. The first-order valence-electron chi connectivity index (χ1n) is 18.9. The molecule has 2 fully saturated rings. The lowest BCUT2D eigenvalue weighted by Crippen LogP contribution is -2.61. The zero-order valence-electron chi connectivity index (χ0n) is 33.0. The minimum Gasteiger partial charge on any atom is -0.346 e. The number of benzene rings is 1. The van der Waals surface area contributed by atoms with Crippen LogP contribution in [0.4, 0.5) is 4.79 Å². The van der Waals surface area contributed by atoms with Crippen LogP contribution in [-0.4, -0.2) is 98.0 Å². The van der Waals surface area contributed by atoms with Gasteiger partial charge in [-0.3, -0.25) is 19.2 Å². The van der Waals surface area contributed by atoms with Crippen LogP contribution in [0.5, 0.6) is 0 Å². The Balaban J connectivity index is 1.40. The van der Waals surface area contributed by atoms with Crippen molar-refractivity contribution in [2.45, 2.75) is 88.7 Å². The summed E-state index contributed by atoms with van der Waals surface area (Å²) in [6.07, 6.45) is 8.11. The summed E-state index contributed by atoms with van der Waals surface area (Å²) in [7, 11) is -2.34. The van der Waals surface area contributed by atoms with E-state index in [1.807, 2.05) is 58.9 Å². The number of nitrogens with zero attached hydrogens (tertiary/aromatic N) is 2. The number of Topliss-reactive ketones (excluding diaryl/α,β-unsaturated/α-hetero) is 1. The number of piperidine rings is 1. The molecule has 1 aliphatic heterocycles. The molecule has 15 heteroatoms. The van der Waals surface area contributed by atoms with Gasteiger partial charge in [0, 0.05) is 39.1 Å². The third-order valence-electron chi connectivity index (χ3n) is 11.7. The van der Waals surface area contributed by atoms with Crippen LogP contribution in [0, 0.1) is 40.9 Å². The maximum Gasteiger partial charge on any atom is 0.315 e. The molecule has 6 atom stereocenters. The number of amides is 5. The average Bonchev–Trinajstić information content (AvgIpc) is 3.75. The summed E-state index contributed by atoms with van der Waals surface area (Å²) in [5, 5.41) is 12.8. The predicted molar refractivity (Wildman–Crippen MR) is 215 cm³/mol. The molecule has 302 valence electrons. The van der Waals surface area contributed by atoms with Crippen molar-refractivity contribution in [3.05, 3.63) is 65.6 Å². The van der Waals surface area contributed by atoms with Crippen LogP contribution < -0.4 is 21.3 Å². The number of nitrogens with one attached hydrogen (secondary N) is 4. The highest BCUT2D eigenvalue weighted by molar-refractivity contribution is 7.91. The van der Waals surface area contributed by atoms with Crippen molar-refractivity contribution in [1.82, 2.24) is 30.5 Å². The summed E-state index contributed by atoms with van der Waals surface area (Å²) in [5.41, 5.74) is 1.28. The van der Waals surface area contributed by atoms with Crippen molar-refractivity contribution < 1.29 is 32.4 Å². The van der Waals surface area contributed by atoms with Gasteiger partial charge in [-0.2, -0.15) is 4.31 Å². The highest BCUT2D eigenvalue weighted by Crippen LogP contribution is 2.65. The molecule has 3 aliphatic rings. The molecular weight excluding hydrogens is 753 g/mol. The van der Waals surface area contributed by atoms with E-state index in [1.165, 1.54) is 28.4 Å². The molecule has 0 radical (unpaired) electrons. The molecule has 5 rings (SSSR count). The fourth-order valence-electron chi connectivity index (χ4n) is 8.16. The summed E-state index contributed by atoms with van der Waals surface area (Å²) in [4.78, 5) is 70.5. The van der Waals surface area contributed by atoms with Gasteiger partial charge in [0.05, 0.1) is 6.04 Å². The number of thiophene rings is 1. The number of carbonyl (C=O) groups is 5. The average molecular weight is 807 g/mol. The number of urea groups is 1. The first-order chi connectivity index (χ1) is 26.3. The van der Waals surface area contributed by atoms with Gasteiger partial charge >= 0.3 is 6.03 Å². The van der Waals surface area contributed by atoms with Gasteiger partial charge in [-0.25, -0.2) is 13.2 Å². The Morgan fingerprint density at radius 1 is 1.07 bits per heavy atom. The van der Waals surface area contributed by atoms with Crippen molar-refractivity contribution >= 4 is 50.9 Å². The van der Waals surface area contributed by atoms with Crippen LogP contribution in [0.25, 0.3) is 0 Å². The topological polar surface area (TPSA) is 174 Å². The van der Waals surface area contributed by atoms with Gasteiger partial charge in [-0.05, 0) is 70.4 Å². The largest absolute Gasteiger partial charge is 0.346 e. The Morgan fingerprint density at radius 3 is 2.30 bits per heavy atom. The lowest BCUT2D eigenvalue weighted by atomic mass is 9.86. The van der Waals surface area contributed by atoms with E-state index < -0.39 is 69.1 Å². The quantitative estimate of drug-likeness (QED) is 0.115. The molecule has 2 aliphatic carbocycles. The van der Waals surface area contributed by atoms with Gasteiger partial charge in [0.25, 0.3) is 15.9 Å². The first-order valence-corrected chi connectivity index (χ1v) is 21.3. The van der Waals surface area contributed by atoms with E-state index in [0.717, 1.165) is 22.5 Å². The van der Waals surface area contributed by atoms with E-state index in [1.54, 1.807) is 11.4 Å². The molecule has 56 heavy (non-hydrogen) atoms. The van der Waals surface area contributed by atoms with Crippen molar-refractivity contribution in [2.24, 2.45) is 28.6 Å². The second-order valence-corrected chi connectivity index (χ2v) is 19.9. The monoisotopic (exact) mass is 806 g/mol. The number of sulfonamides is 1. The fraction of sp³-hybridized carbons (Fsp3) is 0.537. The maximum absolute atomic E-state index is 14.9. The van der Waals surface area contributed by atoms with Crippen LogP contribution in [0.3, 0.4) is 0 Å². The molecule has 5 amide bonds.